The molecule has 0 saturated carbocycles. The van der Waals surface area contributed by atoms with E-state index in [2.05, 4.69) is 194 Å². The number of fused-ring (bicyclic) bond motifs is 7. The molecule has 50 heavy (non-hydrogen) atoms. The second kappa shape index (κ2) is 11.6. The van der Waals surface area contributed by atoms with Crippen molar-refractivity contribution in [1.29, 1.82) is 0 Å². The lowest BCUT2D eigenvalue weighted by Gasteiger charge is -2.13. The molecule has 0 aliphatic carbocycles. The largest absolute Gasteiger partial charge is 0.0616 e. The van der Waals surface area contributed by atoms with E-state index in [1.165, 1.54) is 98.4 Å². The molecule has 10 aromatic rings. The first kappa shape index (κ1) is 28.5. The Bertz CT molecular complexity index is 2910. The van der Waals surface area contributed by atoms with Crippen molar-refractivity contribution in [2.24, 2.45) is 0 Å². The smallest absolute Gasteiger partial charge is 0.00988 e. The van der Waals surface area contributed by atoms with Crippen molar-refractivity contribution in [3.8, 4) is 44.5 Å². The predicted molar refractivity (Wildman–Crippen MR) is 216 cm³/mol. The Morgan fingerprint density at radius 3 is 1.12 bits per heavy atom. The molecule has 232 valence electrons. The summed E-state index contributed by atoms with van der Waals surface area (Å²) < 4.78 is 0. The van der Waals surface area contributed by atoms with E-state index in [1.54, 1.807) is 0 Å². The quantitative estimate of drug-likeness (QED) is 0.169. The van der Waals surface area contributed by atoms with Crippen molar-refractivity contribution >= 4 is 53.9 Å². The van der Waals surface area contributed by atoms with Gasteiger partial charge in [-0.1, -0.05) is 164 Å². The Balaban J connectivity index is 0.978. The van der Waals surface area contributed by atoms with Crippen molar-refractivity contribution in [2.45, 2.75) is 0 Å². The fourth-order valence-electron chi connectivity index (χ4n) is 7.90. The van der Waals surface area contributed by atoms with Gasteiger partial charge in [-0.25, -0.2) is 0 Å². The molecule has 0 heterocycles. The van der Waals surface area contributed by atoms with Gasteiger partial charge in [0, 0.05) is 0 Å². The molecule has 0 N–H and O–H groups in total. The van der Waals surface area contributed by atoms with Gasteiger partial charge in [-0.3, -0.25) is 0 Å². The summed E-state index contributed by atoms with van der Waals surface area (Å²) in [6.45, 7) is 0. The summed E-state index contributed by atoms with van der Waals surface area (Å²) in [4.78, 5) is 0. The maximum absolute atomic E-state index is 2.34. The minimum absolute atomic E-state index is 1.22. The zero-order chi connectivity index (χ0) is 33.0. The van der Waals surface area contributed by atoms with Crippen molar-refractivity contribution in [3.63, 3.8) is 0 Å². The number of hydrogen-bond acceptors (Lipinski definition) is 0. The minimum atomic E-state index is 1.22. The van der Waals surface area contributed by atoms with Crippen LogP contribution in [0.5, 0.6) is 0 Å². The number of benzene rings is 10. The molecule has 0 aromatic heterocycles. The molecule has 0 atom stereocenters. The molecule has 0 heteroatoms. The van der Waals surface area contributed by atoms with Crippen LogP contribution in [0.1, 0.15) is 0 Å². The van der Waals surface area contributed by atoms with E-state index in [1.807, 2.05) is 0 Å². The molecule has 10 rings (SSSR count). The van der Waals surface area contributed by atoms with Crippen LogP contribution >= 0.6 is 0 Å². The van der Waals surface area contributed by atoms with Crippen LogP contribution in [-0.4, -0.2) is 0 Å². The molecule has 0 radical (unpaired) electrons. The highest BCUT2D eigenvalue weighted by Gasteiger charge is 2.12. The zero-order valence-corrected chi connectivity index (χ0v) is 27.5. The highest BCUT2D eigenvalue weighted by atomic mass is 14.2. The van der Waals surface area contributed by atoms with Gasteiger partial charge in [-0.2, -0.15) is 0 Å². The summed E-state index contributed by atoms with van der Waals surface area (Å²) in [6, 6.07) is 71.3. The monoisotopic (exact) mass is 632 g/mol. The van der Waals surface area contributed by atoms with Gasteiger partial charge >= 0.3 is 0 Å². The molecular weight excluding hydrogens is 601 g/mol. The third-order valence-corrected chi connectivity index (χ3v) is 10.4. The Labute approximate surface area is 291 Å². The zero-order valence-electron chi connectivity index (χ0n) is 27.5. The maximum Gasteiger partial charge on any atom is -0.00988 e. The molecular formula is C50H32. The summed E-state index contributed by atoms with van der Waals surface area (Å²) in [5, 5.41) is 12.8. The number of rotatable bonds is 4. The first-order valence-electron chi connectivity index (χ1n) is 17.3. The maximum atomic E-state index is 2.34. The lowest BCUT2D eigenvalue weighted by molar-refractivity contribution is 1.59. The lowest BCUT2D eigenvalue weighted by Crippen LogP contribution is -1.86. The van der Waals surface area contributed by atoms with Crippen LogP contribution in [0.25, 0.3) is 98.4 Å². The van der Waals surface area contributed by atoms with Crippen molar-refractivity contribution in [2.75, 3.05) is 0 Å². The predicted octanol–water partition coefficient (Wildman–Crippen LogP) is 14.1. The van der Waals surface area contributed by atoms with E-state index in [-0.39, 0.29) is 0 Å². The van der Waals surface area contributed by atoms with Gasteiger partial charge in [0.15, 0.2) is 0 Å². The summed E-state index contributed by atoms with van der Waals surface area (Å²) in [6.07, 6.45) is 0. The van der Waals surface area contributed by atoms with Crippen LogP contribution in [0.3, 0.4) is 0 Å². The first-order valence-corrected chi connectivity index (χ1v) is 17.3. The lowest BCUT2D eigenvalue weighted by atomic mass is 9.91. The van der Waals surface area contributed by atoms with Crippen molar-refractivity contribution in [3.05, 3.63) is 194 Å². The standard InChI is InChI=1S/C50H32/c1-3-14-43-40(10-1)31-49(47-18-7-5-16-45(43)47)39-13-9-12-35(29-39)33-20-22-34(23-21-33)36-24-25-38-30-42(27-26-37(38)28-36)50-32-41-11-2-4-15-44(41)46-17-6-8-19-48(46)50/h1-32H. The number of hydrogen-bond donors (Lipinski definition) is 0. The van der Waals surface area contributed by atoms with Crippen molar-refractivity contribution < 1.29 is 0 Å². The SMILES string of the molecule is c1cc(-c2ccc(-c3ccc4cc(-c5cc6ccccc6c6ccccc56)ccc4c3)cc2)cc(-c2cc3ccccc3c3ccccc23)c1. The summed E-state index contributed by atoms with van der Waals surface area (Å²) in [5.41, 5.74) is 9.91. The second-order valence-corrected chi connectivity index (χ2v) is 13.3. The normalized spacial score (nSPS) is 11.6. The van der Waals surface area contributed by atoms with Gasteiger partial charge in [0.2, 0.25) is 0 Å². The average molecular weight is 633 g/mol. The van der Waals surface area contributed by atoms with Crippen LogP contribution in [0, 0.1) is 0 Å². The third-order valence-electron chi connectivity index (χ3n) is 10.4. The van der Waals surface area contributed by atoms with E-state index < -0.39 is 0 Å². The van der Waals surface area contributed by atoms with E-state index in [0.29, 0.717) is 0 Å². The Hall–Kier alpha value is -6.50. The van der Waals surface area contributed by atoms with Gasteiger partial charge < -0.3 is 0 Å². The Morgan fingerprint density at radius 1 is 0.180 bits per heavy atom. The molecule has 0 unspecified atom stereocenters. The van der Waals surface area contributed by atoms with E-state index in [4.69, 9.17) is 0 Å². The third kappa shape index (κ3) is 4.77. The summed E-state index contributed by atoms with van der Waals surface area (Å²) in [5.74, 6) is 0. The van der Waals surface area contributed by atoms with Gasteiger partial charge in [0.1, 0.15) is 0 Å². The van der Waals surface area contributed by atoms with Crippen molar-refractivity contribution in [1.82, 2.24) is 0 Å². The molecule has 0 aliphatic heterocycles. The molecule has 0 aliphatic rings. The van der Waals surface area contributed by atoms with E-state index in [0.717, 1.165) is 0 Å². The highest BCUT2D eigenvalue weighted by Crippen LogP contribution is 2.38. The van der Waals surface area contributed by atoms with E-state index in [9.17, 15) is 0 Å². The van der Waals surface area contributed by atoms with Gasteiger partial charge in [-0.15, -0.1) is 0 Å². The minimum Gasteiger partial charge on any atom is -0.0616 e. The molecule has 0 nitrogen and oxygen atoms in total. The van der Waals surface area contributed by atoms with E-state index >= 15 is 0 Å². The Morgan fingerprint density at radius 2 is 0.560 bits per heavy atom. The van der Waals surface area contributed by atoms with Gasteiger partial charge in [-0.05, 0) is 129 Å². The fourth-order valence-corrected chi connectivity index (χ4v) is 7.90. The highest BCUT2D eigenvalue weighted by molar-refractivity contribution is 6.15. The molecule has 0 amide bonds. The fraction of sp³-hybridized carbons (Fsp3) is 0. The average Bonchev–Trinajstić information content (AvgIpc) is 3.20. The van der Waals surface area contributed by atoms with Crippen LogP contribution in [0.15, 0.2) is 194 Å². The van der Waals surface area contributed by atoms with Crippen LogP contribution in [0.4, 0.5) is 0 Å². The topological polar surface area (TPSA) is 0 Å². The van der Waals surface area contributed by atoms with Crippen LogP contribution < -0.4 is 0 Å². The summed E-state index contributed by atoms with van der Waals surface area (Å²) >= 11 is 0. The van der Waals surface area contributed by atoms with Crippen LogP contribution in [-0.2, 0) is 0 Å². The first-order chi connectivity index (χ1) is 24.8. The molecule has 0 bridgehead atoms. The van der Waals surface area contributed by atoms with Crippen LogP contribution in [0.2, 0.25) is 0 Å². The molecule has 0 spiro atoms. The molecule has 0 fully saturated rings. The van der Waals surface area contributed by atoms with Gasteiger partial charge in [0.25, 0.3) is 0 Å². The summed E-state index contributed by atoms with van der Waals surface area (Å²) in [7, 11) is 0. The van der Waals surface area contributed by atoms with Gasteiger partial charge in [0.05, 0.1) is 0 Å². The Kier molecular flexibility index (Phi) is 6.60. The molecule has 10 aromatic carbocycles. The molecule has 0 saturated heterocycles. The second-order valence-electron chi connectivity index (χ2n) is 13.3.